The molecular weight excluding hydrogens is 416 g/mol. The van der Waals surface area contributed by atoms with Gasteiger partial charge in [-0.25, -0.2) is 9.97 Å². The van der Waals surface area contributed by atoms with Crippen LogP contribution in [-0.4, -0.2) is 21.3 Å². The van der Waals surface area contributed by atoms with E-state index < -0.39 is 0 Å². The van der Waals surface area contributed by atoms with Crippen molar-refractivity contribution >= 4 is 44.5 Å². The molecule has 4 nitrogen and oxygen atoms in total. The van der Waals surface area contributed by atoms with Gasteiger partial charge < -0.3 is 9.52 Å². The molecule has 6 aromatic rings. The van der Waals surface area contributed by atoms with Crippen LogP contribution in [0.25, 0.3) is 55.4 Å². The molecule has 0 bridgehead atoms. The Hall–Kier alpha value is -3.83. The maximum absolute atomic E-state index is 10.3. The average molecular weight is 435 g/mol. The van der Waals surface area contributed by atoms with Crippen LogP contribution in [0.1, 0.15) is 0 Å². The Kier molecular flexibility index (Phi) is 4.37. The van der Waals surface area contributed by atoms with Crippen molar-refractivity contribution in [3.8, 4) is 28.4 Å². The SMILES string of the molecule is CSc1cc(-c2ccc3c(c2)oc2ccc4ccccc4c23)nc(-c2ccccc2O)n1. The van der Waals surface area contributed by atoms with Crippen LogP contribution in [0.2, 0.25) is 0 Å². The molecule has 2 aromatic heterocycles. The van der Waals surface area contributed by atoms with Gasteiger partial charge in [0.2, 0.25) is 0 Å². The van der Waals surface area contributed by atoms with Gasteiger partial charge in [0, 0.05) is 16.3 Å². The third kappa shape index (κ3) is 3.01. The molecule has 0 unspecified atom stereocenters. The summed E-state index contributed by atoms with van der Waals surface area (Å²) in [5.74, 6) is 0.664. The lowest BCUT2D eigenvalue weighted by atomic mass is 10.0. The van der Waals surface area contributed by atoms with E-state index in [0.29, 0.717) is 11.4 Å². The Balaban J connectivity index is 1.55. The molecule has 2 heterocycles. The van der Waals surface area contributed by atoms with Crippen molar-refractivity contribution in [1.29, 1.82) is 0 Å². The summed E-state index contributed by atoms with van der Waals surface area (Å²) in [4.78, 5) is 9.38. The van der Waals surface area contributed by atoms with Crippen molar-refractivity contribution in [3.63, 3.8) is 0 Å². The zero-order valence-electron chi connectivity index (χ0n) is 17.2. The third-order valence-electron chi connectivity index (χ3n) is 5.71. The van der Waals surface area contributed by atoms with Crippen LogP contribution in [0, 0.1) is 0 Å². The van der Waals surface area contributed by atoms with Gasteiger partial charge in [-0.2, -0.15) is 0 Å². The molecule has 0 atom stereocenters. The summed E-state index contributed by atoms with van der Waals surface area (Å²) in [7, 11) is 0. The molecule has 5 heteroatoms. The van der Waals surface area contributed by atoms with E-state index in [0.717, 1.165) is 38.2 Å². The number of benzene rings is 4. The monoisotopic (exact) mass is 434 g/mol. The second-order valence-electron chi connectivity index (χ2n) is 7.61. The standard InChI is InChI=1S/C27H18N2O2S/c1-32-25-15-21(28-27(29-25)19-8-4-5-9-22(19)30)17-10-12-20-24(14-17)31-23-13-11-16-6-2-3-7-18(16)26(20)23/h2-15,30H,1H3. The number of aromatic hydroxyl groups is 1. The van der Waals surface area contributed by atoms with E-state index in [4.69, 9.17) is 9.40 Å². The fraction of sp³-hybridized carbons (Fsp3) is 0.0370. The minimum atomic E-state index is 0.163. The first-order valence-electron chi connectivity index (χ1n) is 10.3. The summed E-state index contributed by atoms with van der Waals surface area (Å²) in [6.07, 6.45) is 1.98. The van der Waals surface area contributed by atoms with Crippen LogP contribution in [0.3, 0.4) is 0 Å². The van der Waals surface area contributed by atoms with Crippen molar-refractivity contribution in [3.05, 3.63) is 84.9 Å². The normalized spacial score (nSPS) is 11.5. The molecule has 0 radical (unpaired) electrons. The highest BCUT2D eigenvalue weighted by atomic mass is 32.2. The molecule has 0 fully saturated rings. The van der Waals surface area contributed by atoms with Gasteiger partial charge in [-0.05, 0) is 53.4 Å². The molecule has 0 aliphatic carbocycles. The first kappa shape index (κ1) is 18.9. The number of aromatic nitrogens is 2. The van der Waals surface area contributed by atoms with Crippen LogP contribution in [0.15, 0.2) is 94.4 Å². The largest absolute Gasteiger partial charge is 0.507 e. The van der Waals surface area contributed by atoms with Gasteiger partial charge in [0.25, 0.3) is 0 Å². The highest BCUT2D eigenvalue weighted by Gasteiger charge is 2.14. The third-order valence-corrected chi connectivity index (χ3v) is 6.34. The summed E-state index contributed by atoms with van der Waals surface area (Å²) in [5.41, 5.74) is 4.03. The molecule has 4 aromatic carbocycles. The molecule has 32 heavy (non-hydrogen) atoms. The average Bonchev–Trinajstić information content (AvgIpc) is 3.22. The summed E-state index contributed by atoms with van der Waals surface area (Å²) < 4.78 is 6.22. The second kappa shape index (κ2) is 7.39. The minimum absolute atomic E-state index is 0.163. The van der Waals surface area contributed by atoms with Gasteiger partial charge in [-0.15, -0.1) is 11.8 Å². The zero-order chi connectivity index (χ0) is 21.7. The lowest BCUT2D eigenvalue weighted by molar-refractivity contribution is 0.477. The molecule has 1 N–H and O–H groups in total. The molecule has 0 saturated heterocycles. The van der Waals surface area contributed by atoms with E-state index in [1.807, 2.05) is 36.6 Å². The number of phenols is 1. The summed E-state index contributed by atoms with van der Waals surface area (Å²) in [6, 6.07) is 27.8. The Morgan fingerprint density at radius 3 is 2.50 bits per heavy atom. The molecular formula is C27H18N2O2S. The van der Waals surface area contributed by atoms with Gasteiger partial charge in [0.05, 0.1) is 11.3 Å². The van der Waals surface area contributed by atoms with Crippen LogP contribution in [0.5, 0.6) is 5.75 Å². The highest BCUT2D eigenvalue weighted by Crippen LogP contribution is 2.37. The molecule has 0 aliphatic heterocycles. The van der Waals surface area contributed by atoms with Gasteiger partial charge in [-0.3, -0.25) is 0 Å². The fourth-order valence-corrected chi connectivity index (χ4v) is 4.57. The van der Waals surface area contributed by atoms with Gasteiger partial charge in [0.15, 0.2) is 5.82 Å². The molecule has 6 rings (SSSR count). The van der Waals surface area contributed by atoms with E-state index in [2.05, 4.69) is 47.4 Å². The zero-order valence-corrected chi connectivity index (χ0v) is 18.1. The van der Waals surface area contributed by atoms with Crippen molar-refractivity contribution in [2.45, 2.75) is 5.03 Å². The number of hydrogen-bond donors (Lipinski definition) is 1. The van der Waals surface area contributed by atoms with Gasteiger partial charge in [0.1, 0.15) is 21.9 Å². The van der Waals surface area contributed by atoms with Crippen molar-refractivity contribution in [2.24, 2.45) is 0 Å². The number of rotatable bonds is 3. The first-order chi connectivity index (χ1) is 15.7. The molecule has 0 saturated carbocycles. The Morgan fingerprint density at radius 1 is 0.781 bits per heavy atom. The Morgan fingerprint density at radius 2 is 1.62 bits per heavy atom. The highest BCUT2D eigenvalue weighted by molar-refractivity contribution is 7.98. The lowest BCUT2D eigenvalue weighted by Crippen LogP contribution is -1.94. The van der Waals surface area contributed by atoms with E-state index in [1.165, 1.54) is 10.8 Å². The number of hydrogen-bond acceptors (Lipinski definition) is 5. The smallest absolute Gasteiger partial charge is 0.164 e. The van der Waals surface area contributed by atoms with Crippen molar-refractivity contribution < 1.29 is 9.52 Å². The van der Waals surface area contributed by atoms with Crippen LogP contribution >= 0.6 is 11.8 Å². The lowest BCUT2D eigenvalue weighted by Gasteiger charge is -2.08. The number of fused-ring (bicyclic) bond motifs is 5. The predicted molar refractivity (Wildman–Crippen MR) is 131 cm³/mol. The molecule has 154 valence electrons. The van der Waals surface area contributed by atoms with E-state index in [1.54, 1.807) is 23.9 Å². The minimum Gasteiger partial charge on any atom is -0.507 e. The Labute approximate surface area is 188 Å². The first-order valence-corrected chi connectivity index (χ1v) is 11.5. The number of furan rings is 1. The molecule has 0 amide bonds. The quantitative estimate of drug-likeness (QED) is 0.234. The van der Waals surface area contributed by atoms with Gasteiger partial charge in [-0.1, -0.05) is 48.5 Å². The van der Waals surface area contributed by atoms with E-state index in [9.17, 15) is 5.11 Å². The van der Waals surface area contributed by atoms with Crippen molar-refractivity contribution in [1.82, 2.24) is 9.97 Å². The number of para-hydroxylation sites is 1. The summed E-state index contributed by atoms with van der Waals surface area (Å²) in [6.45, 7) is 0. The number of nitrogens with zero attached hydrogens (tertiary/aromatic N) is 2. The fourth-order valence-electron chi connectivity index (χ4n) is 4.17. The maximum Gasteiger partial charge on any atom is 0.164 e. The number of thioether (sulfide) groups is 1. The van der Waals surface area contributed by atoms with Gasteiger partial charge >= 0.3 is 0 Å². The second-order valence-corrected chi connectivity index (χ2v) is 8.44. The molecule has 0 aliphatic rings. The Bertz CT molecular complexity index is 1640. The topological polar surface area (TPSA) is 59.2 Å². The van der Waals surface area contributed by atoms with Crippen LogP contribution in [0.4, 0.5) is 0 Å². The van der Waals surface area contributed by atoms with Crippen LogP contribution < -0.4 is 0 Å². The van der Waals surface area contributed by atoms with E-state index in [-0.39, 0.29) is 5.75 Å². The maximum atomic E-state index is 10.3. The summed E-state index contributed by atoms with van der Waals surface area (Å²) in [5, 5.41) is 15.7. The summed E-state index contributed by atoms with van der Waals surface area (Å²) >= 11 is 1.54. The molecule has 0 spiro atoms. The van der Waals surface area contributed by atoms with Crippen molar-refractivity contribution in [2.75, 3.05) is 6.26 Å². The van der Waals surface area contributed by atoms with Crippen LogP contribution in [-0.2, 0) is 0 Å². The number of phenolic OH excluding ortho intramolecular Hbond substituents is 1. The predicted octanol–water partition coefficient (Wildman–Crippen LogP) is 7.29. The van der Waals surface area contributed by atoms with E-state index >= 15 is 0 Å².